The zero-order valence-corrected chi connectivity index (χ0v) is 19.5. The van der Waals surface area contributed by atoms with E-state index in [0.717, 1.165) is 37.9 Å². The SMILES string of the molecule is COc1c2ccccc2c(OC)c2cc(Sc3ccc(Sc4ccccc4)cc3)ccc12. The zero-order chi connectivity index (χ0) is 21.9. The summed E-state index contributed by atoms with van der Waals surface area (Å²) in [7, 11) is 3.46. The molecule has 0 aliphatic rings. The van der Waals surface area contributed by atoms with Crippen LogP contribution in [0.3, 0.4) is 0 Å². The van der Waals surface area contributed by atoms with Gasteiger partial charge < -0.3 is 9.47 Å². The van der Waals surface area contributed by atoms with Crippen LogP contribution in [0.1, 0.15) is 0 Å². The number of hydrogen-bond acceptors (Lipinski definition) is 4. The Balaban J connectivity index is 1.48. The molecule has 0 aromatic heterocycles. The van der Waals surface area contributed by atoms with Crippen LogP contribution in [0.15, 0.2) is 117 Å². The fourth-order valence-corrected chi connectivity index (χ4v) is 5.61. The van der Waals surface area contributed by atoms with Crippen molar-refractivity contribution in [3.05, 3.63) is 97.1 Å². The van der Waals surface area contributed by atoms with Crippen molar-refractivity contribution in [1.29, 1.82) is 0 Å². The van der Waals surface area contributed by atoms with E-state index in [4.69, 9.17) is 9.47 Å². The van der Waals surface area contributed by atoms with Crippen LogP contribution in [0.4, 0.5) is 0 Å². The van der Waals surface area contributed by atoms with Gasteiger partial charge in [-0.1, -0.05) is 66.0 Å². The molecule has 32 heavy (non-hydrogen) atoms. The van der Waals surface area contributed by atoms with Gasteiger partial charge >= 0.3 is 0 Å². The fraction of sp³-hybridized carbons (Fsp3) is 0.0714. The Bertz CT molecular complexity index is 1380. The Morgan fingerprint density at radius 2 is 0.875 bits per heavy atom. The van der Waals surface area contributed by atoms with E-state index in [1.807, 2.05) is 18.2 Å². The lowest BCUT2D eigenvalue weighted by Crippen LogP contribution is -1.93. The molecule has 0 bridgehead atoms. The molecule has 0 saturated carbocycles. The van der Waals surface area contributed by atoms with Crippen molar-refractivity contribution in [3.8, 4) is 11.5 Å². The first-order valence-corrected chi connectivity index (χ1v) is 12.0. The molecule has 0 spiro atoms. The predicted octanol–water partition coefficient (Wildman–Crippen LogP) is 8.31. The predicted molar refractivity (Wildman–Crippen MR) is 136 cm³/mol. The third kappa shape index (κ3) is 4.04. The smallest absolute Gasteiger partial charge is 0.134 e. The lowest BCUT2D eigenvalue weighted by Gasteiger charge is -2.15. The van der Waals surface area contributed by atoms with Gasteiger partial charge in [0.05, 0.1) is 14.2 Å². The second-order valence-corrected chi connectivity index (χ2v) is 9.60. The molecule has 5 rings (SSSR count). The quantitative estimate of drug-likeness (QED) is 0.240. The van der Waals surface area contributed by atoms with Gasteiger partial charge in [0, 0.05) is 41.1 Å². The van der Waals surface area contributed by atoms with E-state index in [0.29, 0.717) is 0 Å². The van der Waals surface area contributed by atoms with Gasteiger partial charge in [0.2, 0.25) is 0 Å². The summed E-state index contributed by atoms with van der Waals surface area (Å²) < 4.78 is 11.6. The average molecular weight is 455 g/mol. The van der Waals surface area contributed by atoms with Gasteiger partial charge in [-0.25, -0.2) is 0 Å². The maximum Gasteiger partial charge on any atom is 0.134 e. The first-order chi connectivity index (χ1) is 15.8. The van der Waals surface area contributed by atoms with Crippen molar-refractivity contribution in [2.24, 2.45) is 0 Å². The van der Waals surface area contributed by atoms with Crippen LogP contribution < -0.4 is 9.47 Å². The van der Waals surface area contributed by atoms with Crippen LogP contribution in [0.25, 0.3) is 21.5 Å². The minimum atomic E-state index is 0.883. The highest BCUT2D eigenvalue weighted by Gasteiger charge is 2.15. The molecule has 0 saturated heterocycles. The molecule has 4 heteroatoms. The van der Waals surface area contributed by atoms with Crippen molar-refractivity contribution in [2.75, 3.05) is 14.2 Å². The molecule has 0 aliphatic heterocycles. The molecule has 0 aliphatic carbocycles. The summed E-state index contributed by atoms with van der Waals surface area (Å²) in [6, 6.07) is 33.9. The van der Waals surface area contributed by atoms with Gasteiger partial charge in [-0.2, -0.15) is 0 Å². The largest absolute Gasteiger partial charge is 0.495 e. The van der Waals surface area contributed by atoms with E-state index in [-0.39, 0.29) is 0 Å². The van der Waals surface area contributed by atoms with Gasteiger partial charge in [0.25, 0.3) is 0 Å². The molecule has 0 N–H and O–H groups in total. The summed E-state index contributed by atoms with van der Waals surface area (Å²) in [6.45, 7) is 0. The molecule has 0 amide bonds. The van der Waals surface area contributed by atoms with E-state index in [2.05, 4.69) is 78.9 Å². The van der Waals surface area contributed by atoms with Crippen LogP contribution >= 0.6 is 23.5 Å². The lowest BCUT2D eigenvalue weighted by molar-refractivity contribution is 0.417. The number of hydrogen-bond donors (Lipinski definition) is 0. The molecular weight excluding hydrogens is 432 g/mol. The third-order valence-electron chi connectivity index (χ3n) is 5.34. The summed E-state index contributed by atoms with van der Waals surface area (Å²) in [5.41, 5.74) is 0. The highest BCUT2D eigenvalue weighted by molar-refractivity contribution is 7.99. The van der Waals surface area contributed by atoms with Crippen LogP contribution in [0.2, 0.25) is 0 Å². The zero-order valence-electron chi connectivity index (χ0n) is 17.9. The summed E-state index contributed by atoms with van der Waals surface area (Å²) in [5, 5.41) is 4.24. The van der Waals surface area contributed by atoms with Crippen LogP contribution in [0.5, 0.6) is 11.5 Å². The molecular formula is C28H22O2S2. The topological polar surface area (TPSA) is 18.5 Å². The summed E-state index contributed by atoms with van der Waals surface area (Å²) in [6.07, 6.45) is 0. The highest BCUT2D eigenvalue weighted by Crippen LogP contribution is 2.44. The first kappa shape index (κ1) is 20.8. The standard InChI is InChI=1S/C28H22O2S2/c1-29-27-23-10-6-7-11-24(23)28(30-2)26-18-22(16-17-25(26)27)32-21-14-12-20(13-15-21)31-19-8-4-3-5-9-19/h3-18H,1-2H3. The molecule has 5 aromatic carbocycles. The monoisotopic (exact) mass is 454 g/mol. The molecule has 2 nitrogen and oxygen atoms in total. The molecule has 0 atom stereocenters. The van der Waals surface area contributed by atoms with Gasteiger partial charge in [0.1, 0.15) is 11.5 Å². The summed E-state index contributed by atoms with van der Waals surface area (Å²) in [4.78, 5) is 4.85. The number of rotatable bonds is 6. The second-order valence-electron chi connectivity index (χ2n) is 7.31. The number of fused-ring (bicyclic) bond motifs is 2. The Morgan fingerprint density at radius 3 is 1.47 bits per heavy atom. The molecule has 0 unspecified atom stereocenters. The average Bonchev–Trinajstić information content (AvgIpc) is 2.84. The fourth-order valence-electron chi connectivity index (χ4n) is 3.92. The van der Waals surface area contributed by atoms with Crippen molar-refractivity contribution in [3.63, 3.8) is 0 Å². The lowest BCUT2D eigenvalue weighted by atomic mass is 10.0. The number of methoxy groups -OCH3 is 2. The van der Waals surface area contributed by atoms with E-state index >= 15 is 0 Å². The van der Waals surface area contributed by atoms with Gasteiger partial charge in [-0.05, 0) is 54.6 Å². The molecule has 158 valence electrons. The molecule has 5 aromatic rings. The van der Waals surface area contributed by atoms with E-state index in [9.17, 15) is 0 Å². The third-order valence-corrected chi connectivity index (χ3v) is 7.36. The van der Waals surface area contributed by atoms with Crippen LogP contribution in [-0.2, 0) is 0 Å². The van der Waals surface area contributed by atoms with Crippen molar-refractivity contribution in [1.82, 2.24) is 0 Å². The van der Waals surface area contributed by atoms with Crippen molar-refractivity contribution in [2.45, 2.75) is 19.6 Å². The second kappa shape index (κ2) is 9.19. The van der Waals surface area contributed by atoms with Crippen LogP contribution in [-0.4, -0.2) is 14.2 Å². The van der Waals surface area contributed by atoms with Crippen molar-refractivity contribution >= 4 is 45.1 Å². The molecule has 0 heterocycles. The maximum atomic E-state index is 5.85. The van der Waals surface area contributed by atoms with Crippen LogP contribution in [0, 0.1) is 0 Å². The Kier molecular flexibility index (Phi) is 5.97. The van der Waals surface area contributed by atoms with Gasteiger partial charge in [0.15, 0.2) is 0 Å². The number of ether oxygens (including phenoxy) is 2. The van der Waals surface area contributed by atoms with E-state index < -0.39 is 0 Å². The normalized spacial score (nSPS) is 11.1. The molecule has 0 radical (unpaired) electrons. The Morgan fingerprint density at radius 1 is 0.438 bits per heavy atom. The minimum Gasteiger partial charge on any atom is -0.495 e. The summed E-state index contributed by atoms with van der Waals surface area (Å²) >= 11 is 3.52. The maximum absolute atomic E-state index is 5.85. The van der Waals surface area contributed by atoms with Gasteiger partial charge in [-0.3, -0.25) is 0 Å². The Hall–Kier alpha value is -3.08. The van der Waals surface area contributed by atoms with E-state index in [1.54, 1.807) is 37.7 Å². The highest BCUT2D eigenvalue weighted by atomic mass is 32.2. The molecule has 0 fully saturated rings. The number of benzene rings is 5. The minimum absolute atomic E-state index is 0.883. The summed E-state index contributed by atoms with van der Waals surface area (Å²) in [5.74, 6) is 1.77. The Labute approximate surface area is 196 Å². The van der Waals surface area contributed by atoms with E-state index in [1.165, 1.54) is 14.7 Å². The van der Waals surface area contributed by atoms with Gasteiger partial charge in [-0.15, -0.1) is 0 Å². The van der Waals surface area contributed by atoms with Crippen molar-refractivity contribution < 1.29 is 9.47 Å². The first-order valence-electron chi connectivity index (χ1n) is 10.3.